The SMILES string of the molecule is O=C(N[C@]1(C(F)(F)F)C(=O)Nc2c1c(=O)[nH]c(=O)n2CCc1ccccc1)c1ccccc1F. The number of benzene rings is 2. The van der Waals surface area contributed by atoms with Gasteiger partial charge >= 0.3 is 11.9 Å². The molecule has 0 bridgehead atoms. The fraction of sp³-hybridized carbons (Fsp3) is 0.182. The zero-order valence-corrected chi connectivity index (χ0v) is 17.2. The number of alkyl halides is 3. The van der Waals surface area contributed by atoms with Gasteiger partial charge in [-0.1, -0.05) is 42.5 Å². The van der Waals surface area contributed by atoms with Crippen molar-refractivity contribution in [2.45, 2.75) is 24.7 Å². The molecule has 2 heterocycles. The fourth-order valence-corrected chi connectivity index (χ4v) is 3.81. The number of rotatable bonds is 5. The van der Waals surface area contributed by atoms with E-state index in [1.165, 1.54) is 17.4 Å². The predicted molar refractivity (Wildman–Crippen MR) is 112 cm³/mol. The topological polar surface area (TPSA) is 113 Å². The second-order valence-electron chi connectivity index (χ2n) is 7.51. The van der Waals surface area contributed by atoms with E-state index in [1.54, 1.807) is 35.3 Å². The molecule has 12 heteroatoms. The lowest BCUT2D eigenvalue weighted by Crippen LogP contribution is -2.62. The van der Waals surface area contributed by atoms with Gasteiger partial charge in [0.15, 0.2) is 0 Å². The second-order valence-corrected chi connectivity index (χ2v) is 7.51. The number of carbonyl (C=O) groups excluding carboxylic acids is 2. The van der Waals surface area contributed by atoms with Gasteiger partial charge in [0, 0.05) is 6.54 Å². The van der Waals surface area contributed by atoms with Gasteiger partial charge in [0.05, 0.1) is 5.56 Å². The van der Waals surface area contributed by atoms with Crippen LogP contribution in [-0.4, -0.2) is 27.5 Å². The summed E-state index contributed by atoms with van der Waals surface area (Å²) in [5, 5.41) is 3.43. The Hall–Kier alpha value is -4.22. The first-order valence-electron chi connectivity index (χ1n) is 9.93. The van der Waals surface area contributed by atoms with Gasteiger partial charge in [0.2, 0.25) is 0 Å². The minimum atomic E-state index is -5.52. The van der Waals surface area contributed by atoms with Crippen molar-refractivity contribution in [3.63, 3.8) is 0 Å². The zero-order valence-electron chi connectivity index (χ0n) is 17.2. The maximum Gasteiger partial charge on any atom is 0.425 e. The van der Waals surface area contributed by atoms with E-state index >= 15 is 0 Å². The standard InChI is InChI=1S/C22H16F4N4O4/c23-14-9-5-4-8-13(14)17(31)29-21(22(24,25)26)15-16(27-19(21)33)30(20(34)28-18(15)32)11-10-12-6-2-1-3-7-12/h1-9H,10-11H2,(H,27,33)(H,29,31)(H,28,32,34)/t21-/m0/s1. The van der Waals surface area contributed by atoms with Gasteiger partial charge in [-0.25, -0.2) is 9.18 Å². The maximum atomic E-state index is 14.4. The molecule has 0 saturated heterocycles. The molecule has 0 spiro atoms. The highest BCUT2D eigenvalue weighted by molar-refractivity contribution is 6.09. The van der Waals surface area contributed by atoms with E-state index in [0.29, 0.717) is 0 Å². The minimum Gasteiger partial charge on any atom is -0.326 e. The lowest BCUT2D eigenvalue weighted by Gasteiger charge is -2.30. The van der Waals surface area contributed by atoms with Gasteiger partial charge in [-0.05, 0) is 24.1 Å². The Bertz CT molecular complexity index is 1400. The molecule has 1 atom stereocenters. The number of aromatic amines is 1. The summed E-state index contributed by atoms with van der Waals surface area (Å²) >= 11 is 0. The van der Waals surface area contributed by atoms with Gasteiger partial charge in [-0.15, -0.1) is 0 Å². The van der Waals surface area contributed by atoms with Crippen molar-refractivity contribution < 1.29 is 27.2 Å². The first kappa shape index (κ1) is 23.0. The highest BCUT2D eigenvalue weighted by Gasteiger charge is 2.68. The zero-order chi connectivity index (χ0) is 24.7. The van der Waals surface area contributed by atoms with Crippen LogP contribution in [0.4, 0.5) is 23.4 Å². The number of carbonyl (C=O) groups is 2. The summed E-state index contributed by atoms with van der Waals surface area (Å²) in [4.78, 5) is 52.1. The summed E-state index contributed by atoms with van der Waals surface area (Å²) in [6, 6.07) is 12.9. The summed E-state index contributed by atoms with van der Waals surface area (Å²) in [5.74, 6) is -5.19. The Morgan fingerprint density at radius 1 is 1.00 bits per heavy atom. The van der Waals surface area contributed by atoms with E-state index in [0.717, 1.165) is 22.3 Å². The largest absolute Gasteiger partial charge is 0.425 e. The quantitative estimate of drug-likeness (QED) is 0.490. The van der Waals surface area contributed by atoms with E-state index in [1.807, 2.05) is 5.32 Å². The maximum absolute atomic E-state index is 14.4. The van der Waals surface area contributed by atoms with Gasteiger partial charge in [-0.2, -0.15) is 13.2 Å². The average molecular weight is 476 g/mol. The second kappa shape index (κ2) is 8.28. The molecule has 3 N–H and O–H groups in total. The third-order valence-electron chi connectivity index (χ3n) is 5.46. The van der Waals surface area contributed by atoms with Crippen molar-refractivity contribution >= 4 is 17.6 Å². The molecule has 1 aliphatic rings. The number of anilines is 1. The first-order valence-corrected chi connectivity index (χ1v) is 9.93. The van der Waals surface area contributed by atoms with E-state index in [9.17, 15) is 36.7 Å². The Morgan fingerprint density at radius 3 is 2.29 bits per heavy atom. The highest BCUT2D eigenvalue weighted by atomic mass is 19.4. The van der Waals surface area contributed by atoms with Crippen LogP contribution >= 0.6 is 0 Å². The molecule has 3 aromatic rings. The summed E-state index contributed by atoms with van der Waals surface area (Å²) in [6.45, 7) is -0.183. The van der Waals surface area contributed by atoms with E-state index < -0.39 is 57.5 Å². The highest BCUT2D eigenvalue weighted by Crippen LogP contribution is 2.45. The molecular formula is C22H16F4N4O4. The summed E-state index contributed by atoms with van der Waals surface area (Å²) in [7, 11) is 0. The Balaban J connectivity index is 1.85. The molecule has 34 heavy (non-hydrogen) atoms. The molecule has 1 aliphatic heterocycles. The third kappa shape index (κ3) is 3.66. The Morgan fingerprint density at radius 2 is 1.65 bits per heavy atom. The number of aromatic nitrogens is 2. The van der Waals surface area contributed by atoms with Crippen LogP contribution in [0.5, 0.6) is 0 Å². The predicted octanol–water partition coefficient (Wildman–Crippen LogP) is 2.06. The minimum absolute atomic E-state index is 0.183. The van der Waals surface area contributed by atoms with Crippen LogP contribution in [0.3, 0.4) is 0 Å². The van der Waals surface area contributed by atoms with E-state index in [2.05, 4.69) is 0 Å². The number of nitrogens with one attached hydrogen (secondary N) is 3. The smallest absolute Gasteiger partial charge is 0.326 e. The number of halogens is 4. The molecule has 4 rings (SSSR count). The summed E-state index contributed by atoms with van der Waals surface area (Å²) in [6.07, 6.45) is -5.33. The third-order valence-corrected chi connectivity index (χ3v) is 5.46. The van der Waals surface area contributed by atoms with Crippen LogP contribution in [0.15, 0.2) is 64.2 Å². The van der Waals surface area contributed by atoms with Crippen LogP contribution in [0.25, 0.3) is 0 Å². The molecule has 0 unspecified atom stereocenters. The van der Waals surface area contributed by atoms with Crippen molar-refractivity contribution in [3.05, 3.63) is 97.9 Å². The summed E-state index contributed by atoms with van der Waals surface area (Å²) < 4.78 is 57.9. The van der Waals surface area contributed by atoms with E-state index in [4.69, 9.17) is 0 Å². The van der Waals surface area contributed by atoms with Gasteiger partial charge in [0.1, 0.15) is 17.2 Å². The number of H-pyrrole nitrogens is 1. The molecule has 0 radical (unpaired) electrons. The van der Waals surface area contributed by atoms with Crippen LogP contribution in [0.1, 0.15) is 21.5 Å². The van der Waals surface area contributed by atoms with Gasteiger partial charge < -0.3 is 10.6 Å². The van der Waals surface area contributed by atoms with Crippen LogP contribution in [0, 0.1) is 5.82 Å². The molecule has 0 fully saturated rings. The summed E-state index contributed by atoms with van der Waals surface area (Å²) in [5.41, 5.74) is -7.63. The molecule has 8 nitrogen and oxygen atoms in total. The molecule has 0 saturated carbocycles. The number of fused-ring (bicyclic) bond motifs is 1. The fourth-order valence-electron chi connectivity index (χ4n) is 3.81. The van der Waals surface area contributed by atoms with Crippen molar-refractivity contribution in [1.82, 2.24) is 14.9 Å². The lowest BCUT2D eigenvalue weighted by molar-refractivity contribution is -0.196. The molecule has 176 valence electrons. The van der Waals surface area contributed by atoms with Crippen molar-refractivity contribution in [2.24, 2.45) is 0 Å². The average Bonchev–Trinajstić information content (AvgIpc) is 3.07. The first-order chi connectivity index (χ1) is 16.1. The number of aryl methyl sites for hydroxylation is 1. The van der Waals surface area contributed by atoms with Crippen molar-refractivity contribution in [2.75, 3.05) is 5.32 Å². The van der Waals surface area contributed by atoms with Gasteiger partial charge in [0.25, 0.3) is 22.9 Å². The number of nitrogens with zero attached hydrogens (tertiary/aromatic N) is 1. The Labute approximate surface area is 188 Å². The van der Waals surface area contributed by atoms with Crippen molar-refractivity contribution in [1.29, 1.82) is 0 Å². The van der Waals surface area contributed by atoms with E-state index in [-0.39, 0.29) is 13.0 Å². The van der Waals surface area contributed by atoms with Crippen molar-refractivity contribution in [3.8, 4) is 0 Å². The monoisotopic (exact) mass is 476 g/mol. The molecule has 2 amide bonds. The molecule has 2 aromatic carbocycles. The van der Waals surface area contributed by atoms with Crippen LogP contribution in [-0.2, 0) is 23.3 Å². The number of amides is 2. The molecular weight excluding hydrogens is 460 g/mol. The van der Waals surface area contributed by atoms with Crippen LogP contribution in [0.2, 0.25) is 0 Å². The van der Waals surface area contributed by atoms with Crippen LogP contribution < -0.4 is 21.9 Å². The Kier molecular flexibility index (Phi) is 5.59. The molecule has 1 aromatic heterocycles. The number of hydrogen-bond acceptors (Lipinski definition) is 4. The van der Waals surface area contributed by atoms with Gasteiger partial charge in [-0.3, -0.25) is 23.9 Å². The lowest BCUT2D eigenvalue weighted by atomic mass is 9.91. The number of hydrogen-bond donors (Lipinski definition) is 3. The normalized spacial score (nSPS) is 17.2. The molecule has 0 aliphatic carbocycles.